The standard InChI is InChI=1S/C14H22N2O2/c1-5-10(2)9-16(3)14(17)12-8-11(15)6-7-13(12)18-4/h6-8,10H,5,9,15H2,1-4H3. The van der Waals surface area contributed by atoms with Crippen LogP contribution in [0, 0.1) is 5.92 Å². The van der Waals surface area contributed by atoms with Crippen LogP contribution in [0.4, 0.5) is 5.69 Å². The third kappa shape index (κ3) is 3.39. The zero-order chi connectivity index (χ0) is 13.7. The molecule has 0 aromatic heterocycles. The van der Waals surface area contributed by atoms with E-state index in [4.69, 9.17) is 10.5 Å². The summed E-state index contributed by atoms with van der Waals surface area (Å²) in [5.41, 5.74) is 6.80. The van der Waals surface area contributed by atoms with Crippen LogP contribution in [0.25, 0.3) is 0 Å². The molecule has 0 heterocycles. The van der Waals surface area contributed by atoms with E-state index in [0.29, 0.717) is 22.9 Å². The fourth-order valence-electron chi connectivity index (χ4n) is 1.78. The van der Waals surface area contributed by atoms with E-state index in [1.165, 1.54) is 0 Å². The van der Waals surface area contributed by atoms with Gasteiger partial charge in [0.2, 0.25) is 0 Å². The second-order valence-electron chi connectivity index (χ2n) is 4.66. The Morgan fingerprint density at radius 2 is 2.17 bits per heavy atom. The number of amides is 1. The number of carbonyl (C=O) groups excluding carboxylic acids is 1. The Bertz CT molecular complexity index is 418. The highest BCUT2D eigenvalue weighted by atomic mass is 16.5. The van der Waals surface area contributed by atoms with Gasteiger partial charge in [0.15, 0.2) is 0 Å². The second-order valence-corrected chi connectivity index (χ2v) is 4.66. The molecule has 1 aromatic rings. The summed E-state index contributed by atoms with van der Waals surface area (Å²) in [4.78, 5) is 14.0. The lowest BCUT2D eigenvalue weighted by molar-refractivity contribution is 0.0771. The fourth-order valence-corrected chi connectivity index (χ4v) is 1.78. The summed E-state index contributed by atoms with van der Waals surface area (Å²) in [6, 6.07) is 5.11. The lowest BCUT2D eigenvalue weighted by Gasteiger charge is -2.22. The third-order valence-corrected chi connectivity index (χ3v) is 3.08. The highest BCUT2D eigenvalue weighted by Gasteiger charge is 2.18. The van der Waals surface area contributed by atoms with Gasteiger partial charge in [-0.25, -0.2) is 0 Å². The molecule has 0 saturated heterocycles. The minimum atomic E-state index is -0.0561. The molecule has 0 saturated carbocycles. The zero-order valence-electron chi connectivity index (χ0n) is 11.6. The summed E-state index contributed by atoms with van der Waals surface area (Å²) >= 11 is 0. The molecule has 1 aromatic carbocycles. The second kappa shape index (κ2) is 6.28. The van der Waals surface area contributed by atoms with Crippen molar-refractivity contribution in [2.75, 3.05) is 26.4 Å². The molecule has 0 radical (unpaired) electrons. The fraction of sp³-hybridized carbons (Fsp3) is 0.500. The first-order valence-electron chi connectivity index (χ1n) is 6.18. The Hall–Kier alpha value is -1.71. The number of nitrogens with zero attached hydrogens (tertiary/aromatic N) is 1. The van der Waals surface area contributed by atoms with E-state index >= 15 is 0 Å². The van der Waals surface area contributed by atoms with Gasteiger partial charge in [-0.15, -0.1) is 0 Å². The molecule has 0 aliphatic carbocycles. The molecule has 1 unspecified atom stereocenters. The van der Waals surface area contributed by atoms with Gasteiger partial charge in [0, 0.05) is 19.3 Å². The number of anilines is 1. The highest BCUT2D eigenvalue weighted by Crippen LogP contribution is 2.22. The molecule has 0 aliphatic heterocycles. The Morgan fingerprint density at radius 3 is 2.72 bits per heavy atom. The number of nitrogens with two attached hydrogens (primary N) is 1. The Labute approximate surface area is 109 Å². The number of ether oxygens (including phenoxy) is 1. The van der Waals surface area contributed by atoms with Crippen molar-refractivity contribution in [3.8, 4) is 5.75 Å². The molecule has 0 aliphatic rings. The molecular weight excluding hydrogens is 228 g/mol. The third-order valence-electron chi connectivity index (χ3n) is 3.08. The topological polar surface area (TPSA) is 55.6 Å². The van der Waals surface area contributed by atoms with Crippen LogP contribution in [-0.2, 0) is 0 Å². The van der Waals surface area contributed by atoms with Crippen molar-refractivity contribution < 1.29 is 9.53 Å². The minimum Gasteiger partial charge on any atom is -0.496 e. The molecule has 1 atom stereocenters. The Balaban J connectivity index is 2.92. The molecular formula is C14H22N2O2. The number of benzene rings is 1. The van der Waals surface area contributed by atoms with Gasteiger partial charge in [0.1, 0.15) is 5.75 Å². The quantitative estimate of drug-likeness (QED) is 0.816. The molecule has 100 valence electrons. The van der Waals surface area contributed by atoms with Gasteiger partial charge in [-0.05, 0) is 24.1 Å². The lowest BCUT2D eigenvalue weighted by Crippen LogP contribution is -2.31. The molecule has 0 spiro atoms. The smallest absolute Gasteiger partial charge is 0.257 e. The predicted molar refractivity (Wildman–Crippen MR) is 73.8 cm³/mol. The first kappa shape index (κ1) is 14.4. The molecule has 1 rings (SSSR count). The maximum atomic E-state index is 12.3. The highest BCUT2D eigenvalue weighted by molar-refractivity contribution is 5.97. The normalized spacial score (nSPS) is 12.0. The van der Waals surface area contributed by atoms with Crippen molar-refractivity contribution in [1.82, 2.24) is 4.90 Å². The van der Waals surface area contributed by atoms with Crippen molar-refractivity contribution >= 4 is 11.6 Å². The molecule has 0 bridgehead atoms. The average molecular weight is 250 g/mol. The van der Waals surface area contributed by atoms with Gasteiger partial charge in [0.05, 0.1) is 12.7 Å². The van der Waals surface area contributed by atoms with Crippen molar-refractivity contribution in [3.63, 3.8) is 0 Å². The van der Waals surface area contributed by atoms with E-state index in [0.717, 1.165) is 13.0 Å². The van der Waals surface area contributed by atoms with Gasteiger partial charge in [-0.1, -0.05) is 20.3 Å². The first-order valence-corrected chi connectivity index (χ1v) is 6.18. The number of hydrogen-bond donors (Lipinski definition) is 1. The summed E-state index contributed by atoms with van der Waals surface area (Å²) in [6.45, 7) is 4.97. The van der Waals surface area contributed by atoms with Crippen LogP contribution in [-0.4, -0.2) is 31.5 Å². The Kier molecular flexibility index (Phi) is 5.01. The van der Waals surface area contributed by atoms with Crippen LogP contribution in [0.2, 0.25) is 0 Å². The van der Waals surface area contributed by atoms with Crippen LogP contribution >= 0.6 is 0 Å². The molecule has 1 amide bonds. The van der Waals surface area contributed by atoms with Gasteiger partial charge in [-0.2, -0.15) is 0 Å². The van der Waals surface area contributed by atoms with Gasteiger partial charge < -0.3 is 15.4 Å². The number of carbonyl (C=O) groups is 1. The summed E-state index contributed by atoms with van der Waals surface area (Å²) in [6.07, 6.45) is 1.05. The summed E-state index contributed by atoms with van der Waals surface area (Å²) in [5.74, 6) is 0.982. The van der Waals surface area contributed by atoms with Crippen LogP contribution in [0.5, 0.6) is 5.75 Å². The summed E-state index contributed by atoms with van der Waals surface area (Å²) in [5, 5.41) is 0. The largest absolute Gasteiger partial charge is 0.496 e. The molecule has 18 heavy (non-hydrogen) atoms. The van der Waals surface area contributed by atoms with E-state index < -0.39 is 0 Å². The van der Waals surface area contributed by atoms with E-state index in [9.17, 15) is 4.79 Å². The van der Waals surface area contributed by atoms with E-state index in [-0.39, 0.29) is 5.91 Å². The minimum absolute atomic E-state index is 0.0561. The van der Waals surface area contributed by atoms with E-state index in [2.05, 4.69) is 13.8 Å². The van der Waals surface area contributed by atoms with Crippen molar-refractivity contribution in [2.24, 2.45) is 5.92 Å². The monoisotopic (exact) mass is 250 g/mol. The van der Waals surface area contributed by atoms with Crippen molar-refractivity contribution in [2.45, 2.75) is 20.3 Å². The summed E-state index contributed by atoms with van der Waals surface area (Å²) < 4.78 is 5.20. The van der Waals surface area contributed by atoms with Crippen LogP contribution < -0.4 is 10.5 Å². The van der Waals surface area contributed by atoms with Gasteiger partial charge in [0.25, 0.3) is 5.91 Å². The van der Waals surface area contributed by atoms with Crippen LogP contribution in [0.1, 0.15) is 30.6 Å². The van der Waals surface area contributed by atoms with Gasteiger partial charge in [-0.3, -0.25) is 4.79 Å². The van der Waals surface area contributed by atoms with Gasteiger partial charge >= 0.3 is 0 Å². The first-order chi connectivity index (χ1) is 8.49. The van der Waals surface area contributed by atoms with Crippen LogP contribution in [0.3, 0.4) is 0 Å². The number of hydrogen-bond acceptors (Lipinski definition) is 3. The average Bonchev–Trinajstić information content (AvgIpc) is 2.37. The lowest BCUT2D eigenvalue weighted by atomic mass is 10.1. The SMILES string of the molecule is CCC(C)CN(C)C(=O)c1cc(N)ccc1OC. The van der Waals surface area contributed by atoms with E-state index in [1.54, 1.807) is 37.3 Å². The summed E-state index contributed by atoms with van der Waals surface area (Å²) in [7, 11) is 3.36. The van der Waals surface area contributed by atoms with Crippen LogP contribution in [0.15, 0.2) is 18.2 Å². The number of nitrogen functional groups attached to an aromatic ring is 1. The number of methoxy groups -OCH3 is 1. The molecule has 4 nitrogen and oxygen atoms in total. The van der Waals surface area contributed by atoms with Crippen molar-refractivity contribution in [3.05, 3.63) is 23.8 Å². The molecule has 2 N–H and O–H groups in total. The number of rotatable bonds is 5. The maximum Gasteiger partial charge on any atom is 0.257 e. The zero-order valence-corrected chi connectivity index (χ0v) is 11.6. The molecule has 0 fully saturated rings. The van der Waals surface area contributed by atoms with Crippen molar-refractivity contribution in [1.29, 1.82) is 0 Å². The molecule has 4 heteroatoms. The van der Waals surface area contributed by atoms with E-state index in [1.807, 2.05) is 0 Å². The maximum absolute atomic E-state index is 12.3. The Morgan fingerprint density at radius 1 is 1.50 bits per heavy atom. The predicted octanol–water partition coefficient (Wildman–Crippen LogP) is 2.40.